The van der Waals surface area contributed by atoms with Crippen LogP contribution in [0.2, 0.25) is 0 Å². The highest BCUT2D eigenvalue weighted by Crippen LogP contribution is 2.47. The number of hydrogen-bond acceptors (Lipinski definition) is 4. The van der Waals surface area contributed by atoms with Crippen LogP contribution < -0.4 is 4.90 Å². The van der Waals surface area contributed by atoms with E-state index in [1.54, 1.807) is 12.1 Å². The second-order valence-corrected chi connectivity index (χ2v) is 6.42. The van der Waals surface area contributed by atoms with Gasteiger partial charge < -0.3 is 4.90 Å². The van der Waals surface area contributed by atoms with Crippen molar-refractivity contribution in [3.8, 4) is 12.1 Å². The molecule has 25 heavy (non-hydrogen) atoms. The summed E-state index contributed by atoms with van der Waals surface area (Å²) in [6.45, 7) is 0. The first kappa shape index (κ1) is 15.2. The molecular formula is C21H15N3O. The average Bonchev–Trinajstić information content (AvgIpc) is 3.03. The number of benzene rings is 2. The molecule has 2 heterocycles. The first-order valence-corrected chi connectivity index (χ1v) is 8.17. The Balaban J connectivity index is 1.86. The van der Waals surface area contributed by atoms with E-state index in [4.69, 9.17) is 0 Å². The summed E-state index contributed by atoms with van der Waals surface area (Å²) in [6, 6.07) is 20.3. The molecule has 0 radical (unpaired) electrons. The number of anilines is 1. The van der Waals surface area contributed by atoms with Crippen LogP contribution in [0.3, 0.4) is 0 Å². The number of para-hydroxylation sites is 1. The molecule has 2 aliphatic rings. The van der Waals surface area contributed by atoms with Gasteiger partial charge in [-0.15, -0.1) is 0 Å². The number of nitrogens with zero attached hydrogens (tertiary/aromatic N) is 3. The molecule has 4 heteroatoms. The molecule has 4 nitrogen and oxygen atoms in total. The highest BCUT2D eigenvalue weighted by Gasteiger charge is 2.55. The van der Waals surface area contributed by atoms with Crippen molar-refractivity contribution in [2.24, 2.45) is 5.41 Å². The number of Topliss-reactive ketones (excluding diaryl/α,β-unsaturated/α-hetero) is 1. The summed E-state index contributed by atoms with van der Waals surface area (Å²) in [5.41, 5.74) is 1.27. The summed E-state index contributed by atoms with van der Waals surface area (Å²) >= 11 is 0. The van der Waals surface area contributed by atoms with Gasteiger partial charge >= 0.3 is 0 Å². The van der Waals surface area contributed by atoms with Crippen LogP contribution in [0.5, 0.6) is 0 Å². The van der Waals surface area contributed by atoms with Crippen molar-refractivity contribution in [3.63, 3.8) is 0 Å². The Hall–Kier alpha value is -3.37. The maximum Gasteiger partial charge on any atom is 0.185 e. The summed E-state index contributed by atoms with van der Waals surface area (Å²) in [5, 5.41) is 19.5. The third kappa shape index (κ3) is 2.16. The summed E-state index contributed by atoms with van der Waals surface area (Å²) in [5.74, 6) is -0.0527. The zero-order chi connectivity index (χ0) is 17.4. The molecule has 2 unspecified atom stereocenters. The lowest BCUT2D eigenvalue weighted by molar-refractivity contribution is 0.0960. The van der Waals surface area contributed by atoms with Crippen LogP contribution in [0.15, 0.2) is 60.7 Å². The van der Waals surface area contributed by atoms with Crippen molar-refractivity contribution in [1.82, 2.24) is 0 Å². The molecule has 1 saturated heterocycles. The molecular weight excluding hydrogens is 310 g/mol. The summed E-state index contributed by atoms with van der Waals surface area (Å²) in [7, 11) is 0. The Morgan fingerprint density at radius 2 is 1.72 bits per heavy atom. The maximum atomic E-state index is 13.1. The predicted molar refractivity (Wildman–Crippen MR) is 94.6 cm³/mol. The lowest BCUT2D eigenvalue weighted by Gasteiger charge is -2.35. The van der Waals surface area contributed by atoms with E-state index in [2.05, 4.69) is 12.1 Å². The molecule has 0 saturated carbocycles. The maximum absolute atomic E-state index is 13.1. The number of hydrogen-bond donors (Lipinski definition) is 0. The topological polar surface area (TPSA) is 67.9 Å². The average molecular weight is 325 g/mol. The number of fused-ring (bicyclic) bond motifs is 3. The SMILES string of the molecule is N#CC1(C#N)CC(C(=O)c2ccccc2)N2c3ccccc3C=CC21. The Kier molecular flexibility index (Phi) is 3.41. The molecule has 2 aromatic carbocycles. The quantitative estimate of drug-likeness (QED) is 0.792. The highest BCUT2D eigenvalue weighted by molar-refractivity contribution is 6.03. The Morgan fingerprint density at radius 3 is 2.44 bits per heavy atom. The fraction of sp³-hybridized carbons (Fsp3) is 0.190. The Morgan fingerprint density at radius 1 is 1.04 bits per heavy atom. The van der Waals surface area contributed by atoms with Crippen LogP contribution in [0.4, 0.5) is 5.69 Å². The van der Waals surface area contributed by atoms with E-state index in [1.807, 2.05) is 59.5 Å². The van der Waals surface area contributed by atoms with Crippen LogP contribution in [-0.4, -0.2) is 17.9 Å². The molecule has 0 bridgehead atoms. The molecule has 0 aromatic heterocycles. The van der Waals surface area contributed by atoms with E-state index in [0.29, 0.717) is 5.56 Å². The monoisotopic (exact) mass is 325 g/mol. The fourth-order valence-corrected chi connectivity index (χ4v) is 3.85. The van der Waals surface area contributed by atoms with Gasteiger partial charge in [0.2, 0.25) is 0 Å². The van der Waals surface area contributed by atoms with Gasteiger partial charge in [-0.1, -0.05) is 60.7 Å². The smallest absolute Gasteiger partial charge is 0.185 e. The standard InChI is InChI=1S/C21H15N3O/c22-13-21(14-23)12-18(20(25)16-7-2-1-3-8-16)24-17-9-5-4-6-15(17)10-11-19(21)24/h1-11,18-19H,12H2. The minimum Gasteiger partial charge on any atom is -0.351 e. The predicted octanol–water partition coefficient (Wildman–Crippen LogP) is 3.58. The van der Waals surface area contributed by atoms with Gasteiger partial charge in [-0.2, -0.15) is 10.5 Å². The van der Waals surface area contributed by atoms with Crippen LogP contribution in [0, 0.1) is 28.1 Å². The van der Waals surface area contributed by atoms with Gasteiger partial charge in [0.1, 0.15) is 0 Å². The summed E-state index contributed by atoms with van der Waals surface area (Å²) in [6.07, 6.45) is 4.03. The molecule has 1 fully saturated rings. The van der Waals surface area contributed by atoms with E-state index in [9.17, 15) is 15.3 Å². The van der Waals surface area contributed by atoms with Gasteiger partial charge in [-0.05, 0) is 11.6 Å². The first-order chi connectivity index (χ1) is 12.2. The van der Waals surface area contributed by atoms with Crippen LogP contribution in [0.25, 0.3) is 6.08 Å². The lowest BCUT2D eigenvalue weighted by Crippen LogP contribution is -2.44. The van der Waals surface area contributed by atoms with Crippen molar-refractivity contribution in [3.05, 3.63) is 71.8 Å². The van der Waals surface area contributed by atoms with Gasteiger partial charge in [0.05, 0.1) is 24.2 Å². The summed E-state index contributed by atoms with van der Waals surface area (Å²) in [4.78, 5) is 15.1. The second kappa shape index (κ2) is 5.61. The molecule has 120 valence electrons. The summed E-state index contributed by atoms with van der Waals surface area (Å²) < 4.78 is 0. The van der Waals surface area contributed by atoms with Gasteiger partial charge in [-0.25, -0.2) is 0 Å². The number of rotatable bonds is 2. The molecule has 2 atom stereocenters. The minimum atomic E-state index is -1.22. The second-order valence-electron chi connectivity index (χ2n) is 6.42. The van der Waals surface area contributed by atoms with Crippen LogP contribution in [-0.2, 0) is 0 Å². The fourth-order valence-electron chi connectivity index (χ4n) is 3.85. The minimum absolute atomic E-state index is 0.0527. The lowest BCUT2D eigenvalue weighted by atomic mass is 9.80. The van der Waals surface area contributed by atoms with Crippen molar-refractivity contribution < 1.29 is 4.79 Å². The molecule has 0 aliphatic carbocycles. The molecule has 2 aromatic rings. The molecule has 0 amide bonds. The van der Waals surface area contributed by atoms with E-state index in [1.165, 1.54) is 0 Å². The van der Waals surface area contributed by atoms with Gasteiger partial charge in [0.25, 0.3) is 0 Å². The van der Waals surface area contributed by atoms with E-state index in [0.717, 1.165) is 11.3 Å². The van der Waals surface area contributed by atoms with Crippen molar-refractivity contribution in [1.29, 1.82) is 10.5 Å². The normalized spacial score (nSPS) is 22.4. The molecule has 2 aliphatic heterocycles. The first-order valence-electron chi connectivity index (χ1n) is 8.17. The van der Waals surface area contributed by atoms with Crippen molar-refractivity contribution >= 4 is 17.5 Å². The number of carbonyl (C=O) groups excluding carboxylic acids is 1. The number of nitriles is 2. The third-order valence-corrected chi connectivity index (χ3v) is 5.09. The van der Waals surface area contributed by atoms with Crippen molar-refractivity contribution in [2.75, 3.05) is 4.90 Å². The van der Waals surface area contributed by atoms with E-state index < -0.39 is 17.5 Å². The van der Waals surface area contributed by atoms with Crippen LogP contribution in [0.1, 0.15) is 22.3 Å². The van der Waals surface area contributed by atoms with E-state index in [-0.39, 0.29) is 12.2 Å². The highest BCUT2D eigenvalue weighted by atomic mass is 16.1. The van der Waals surface area contributed by atoms with Crippen LogP contribution >= 0.6 is 0 Å². The largest absolute Gasteiger partial charge is 0.351 e. The number of carbonyl (C=O) groups is 1. The molecule has 0 spiro atoms. The zero-order valence-electron chi connectivity index (χ0n) is 13.5. The number of ketones is 1. The third-order valence-electron chi connectivity index (χ3n) is 5.09. The Bertz CT molecular complexity index is 935. The Labute approximate surface area is 146 Å². The van der Waals surface area contributed by atoms with E-state index >= 15 is 0 Å². The van der Waals surface area contributed by atoms with Gasteiger partial charge in [0.15, 0.2) is 11.2 Å². The zero-order valence-corrected chi connectivity index (χ0v) is 13.5. The van der Waals surface area contributed by atoms with Gasteiger partial charge in [-0.3, -0.25) is 4.79 Å². The molecule has 0 N–H and O–H groups in total. The van der Waals surface area contributed by atoms with Crippen molar-refractivity contribution in [2.45, 2.75) is 18.5 Å². The molecule has 4 rings (SSSR count). The van der Waals surface area contributed by atoms with Gasteiger partial charge in [0, 0.05) is 17.7 Å².